The third-order valence-electron chi connectivity index (χ3n) is 6.33. The van der Waals surface area contributed by atoms with Crippen LogP contribution in [0.2, 0.25) is 4.34 Å². The average molecular weight is 525 g/mol. The van der Waals surface area contributed by atoms with E-state index in [1.165, 1.54) is 11.3 Å². The molecule has 0 saturated carbocycles. The number of carbonyl (C=O) groups excluding carboxylic acids is 3. The number of benzene rings is 2. The fourth-order valence-electron chi connectivity index (χ4n) is 4.66. The molecule has 5 rings (SSSR count). The van der Waals surface area contributed by atoms with E-state index in [1.54, 1.807) is 32.9 Å². The minimum absolute atomic E-state index is 0.0687. The molecule has 0 bridgehead atoms. The number of urea groups is 1. The standard InChI is InChI=1S/C26H25ClN4O4S/c27-22-9-8-21(36-22)24(33)28-20-7-2-5-18-16-30(25(34)23(18)20)15-17-4-1-6-19(14-17)31-11-3-10-29(12-13-32)26(31)35/h1-2,4-9,14,32H,3,10-13,15-16H2,(H,28,33). The number of nitrogens with zero attached hydrogens (tertiary/aromatic N) is 3. The van der Waals surface area contributed by atoms with Gasteiger partial charge in [0.2, 0.25) is 0 Å². The minimum Gasteiger partial charge on any atom is -0.395 e. The molecule has 0 radical (unpaired) electrons. The van der Waals surface area contributed by atoms with Gasteiger partial charge >= 0.3 is 6.03 Å². The first kappa shape index (κ1) is 24.3. The number of β-amino-alcohol motifs (C(OH)–C–C–N with tert-alkyl or cyclic N) is 1. The maximum Gasteiger partial charge on any atom is 0.324 e. The van der Waals surface area contributed by atoms with Crippen LogP contribution < -0.4 is 10.2 Å². The molecule has 2 aromatic carbocycles. The van der Waals surface area contributed by atoms with E-state index in [1.807, 2.05) is 36.4 Å². The number of thiophene rings is 1. The smallest absolute Gasteiger partial charge is 0.324 e. The van der Waals surface area contributed by atoms with Crippen molar-refractivity contribution in [1.82, 2.24) is 9.80 Å². The summed E-state index contributed by atoms with van der Waals surface area (Å²) >= 11 is 7.14. The Kier molecular flexibility index (Phi) is 6.95. The number of aliphatic hydroxyl groups excluding tert-OH is 1. The monoisotopic (exact) mass is 524 g/mol. The van der Waals surface area contributed by atoms with Gasteiger partial charge in [-0.15, -0.1) is 11.3 Å². The van der Waals surface area contributed by atoms with E-state index in [2.05, 4.69) is 5.32 Å². The second-order valence-electron chi connectivity index (χ2n) is 8.73. The predicted molar refractivity (Wildman–Crippen MR) is 140 cm³/mol. The molecule has 36 heavy (non-hydrogen) atoms. The number of aliphatic hydroxyl groups is 1. The maximum absolute atomic E-state index is 13.4. The highest BCUT2D eigenvalue weighted by Crippen LogP contribution is 2.32. The van der Waals surface area contributed by atoms with Crippen LogP contribution in [-0.2, 0) is 13.1 Å². The largest absolute Gasteiger partial charge is 0.395 e. The number of hydrogen-bond donors (Lipinski definition) is 2. The van der Waals surface area contributed by atoms with Gasteiger partial charge in [0.1, 0.15) is 0 Å². The lowest BCUT2D eigenvalue weighted by Crippen LogP contribution is -2.50. The minimum atomic E-state index is -0.305. The summed E-state index contributed by atoms with van der Waals surface area (Å²) in [6.07, 6.45) is 0.821. The van der Waals surface area contributed by atoms with Gasteiger partial charge in [-0.05, 0) is 47.9 Å². The zero-order valence-corrected chi connectivity index (χ0v) is 21.0. The lowest BCUT2D eigenvalue weighted by Gasteiger charge is -2.35. The molecule has 3 aromatic rings. The summed E-state index contributed by atoms with van der Waals surface area (Å²) in [6, 6.07) is 16.3. The molecule has 0 atom stereocenters. The lowest BCUT2D eigenvalue weighted by molar-refractivity contribution is 0.0767. The van der Waals surface area contributed by atoms with Crippen molar-refractivity contribution in [3.63, 3.8) is 0 Å². The van der Waals surface area contributed by atoms with Crippen LogP contribution in [0.1, 0.15) is 37.6 Å². The van der Waals surface area contributed by atoms with E-state index in [0.29, 0.717) is 53.2 Å². The number of hydrogen-bond acceptors (Lipinski definition) is 5. The van der Waals surface area contributed by atoms with Crippen molar-refractivity contribution in [1.29, 1.82) is 0 Å². The summed E-state index contributed by atoms with van der Waals surface area (Å²) in [4.78, 5) is 44.4. The molecule has 186 valence electrons. The first-order valence-electron chi connectivity index (χ1n) is 11.7. The highest BCUT2D eigenvalue weighted by atomic mass is 35.5. The van der Waals surface area contributed by atoms with Gasteiger partial charge in [0, 0.05) is 38.4 Å². The summed E-state index contributed by atoms with van der Waals surface area (Å²) in [5, 5.41) is 12.1. The van der Waals surface area contributed by atoms with Gasteiger partial charge in [-0.1, -0.05) is 35.9 Å². The Hall–Kier alpha value is -3.40. The maximum atomic E-state index is 13.4. The predicted octanol–water partition coefficient (Wildman–Crippen LogP) is 4.43. The van der Waals surface area contributed by atoms with E-state index in [4.69, 9.17) is 11.6 Å². The Balaban J connectivity index is 1.31. The van der Waals surface area contributed by atoms with E-state index >= 15 is 0 Å². The zero-order valence-electron chi connectivity index (χ0n) is 19.4. The second-order valence-corrected chi connectivity index (χ2v) is 10.4. The number of anilines is 2. The molecule has 0 unspecified atom stereocenters. The molecule has 0 aliphatic carbocycles. The SMILES string of the molecule is O=C(Nc1cccc2c1C(=O)N(Cc1cccc(N3CCCN(CCO)C3=O)c1)C2)c1ccc(Cl)s1. The molecular formula is C26H25ClN4O4S. The van der Waals surface area contributed by atoms with Gasteiger partial charge in [0.15, 0.2) is 0 Å². The van der Waals surface area contributed by atoms with Crippen molar-refractivity contribution >= 4 is 52.2 Å². The van der Waals surface area contributed by atoms with Crippen LogP contribution in [0.4, 0.5) is 16.2 Å². The summed E-state index contributed by atoms with van der Waals surface area (Å²) in [5.74, 6) is -0.459. The van der Waals surface area contributed by atoms with Crippen LogP contribution in [0, 0.1) is 0 Å². The second kappa shape index (κ2) is 10.3. The molecule has 2 N–H and O–H groups in total. The highest BCUT2D eigenvalue weighted by Gasteiger charge is 2.31. The van der Waals surface area contributed by atoms with Crippen LogP contribution in [0.25, 0.3) is 0 Å². The van der Waals surface area contributed by atoms with Crippen molar-refractivity contribution in [2.75, 3.05) is 36.5 Å². The van der Waals surface area contributed by atoms with Gasteiger partial charge in [0.25, 0.3) is 11.8 Å². The van der Waals surface area contributed by atoms with Crippen molar-refractivity contribution in [2.24, 2.45) is 0 Å². The van der Waals surface area contributed by atoms with Crippen molar-refractivity contribution in [2.45, 2.75) is 19.5 Å². The summed E-state index contributed by atoms with van der Waals surface area (Å²) < 4.78 is 0.523. The molecule has 1 aromatic heterocycles. The van der Waals surface area contributed by atoms with Crippen LogP contribution >= 0.6 is 22.9 Å². The summed E-state index contributed by atoms with van der Waals surface area (Å²) in [7, 11) is 0. The molecule has 3 heterocycles. The van der Waals surface area contributed by atoms with Crippen LogP contribution in [0.5, 0.6) is 0 Å². The Morgan fingerprint density at radius 1 is 1.06 bits per heavy atom. The van der Waals surface area contributed by atoms with E-state index in [-0.39, 0.29) is 24.5 Å². The van der Waals surface area contributed by atoms with Crippen molar-refractivity contribution in [3.8, 4) is 0 Å². The van der Waals surface area contributed by atoms with Crippen LogP contribution in [0.15, 0.2) is 54.6 Å². The Morgan fingerprint density at radius 3 is 2.67 bits per heavy atom. The first-order valence-corrected chi connectivity index (χ1v) is 12.9. The topological polar surface area (TPSA) is 93.2 Å². The molecule has 2 aliphatic rings. The Bertz CT molecular complexity index is 1320. The van der Waals surface area contributed by atoms with Gasteiger partial charge in [-0.25, -0.2) is 4.79 Å². The molecule has 0 spiro atoms. The van der Waals surface area contributed by atoms with Gasteiger partial charge < -0.3 is 20.2 Å². The van der Waals surface area contributed by atoms with Crippen LogP contribution in [0.3, 0.4) is 0 Å². The third kappa shape index (κ3) is 4.82. The molecular weight excluding hydrogens is 500 g/mol. The van der Waals surface area contributed by atoms with Gasteiger partial charge in [0.05, 0.1) is 27.1 Å². The zero-order chi connectivity index (χ0) is 25.2. The first-order chi connectivity index (χ1) is 17.4. The Labute approximate surface area is 217 Å². The number of rotatable bonds is 7. The van der Waals surface area contributed by atoms with E-state index in [0.717, 1.165) is 23.2 Å². The molecule has 1 saturated heterocycles. The van der Waals surface area contributed by atoms with Gasteiger partial charge in [-0.2, -0.15) is 0 Å². The number of halogens is 1. The number of fused-ring (bicyclic) bond motifs is 1. The average Bonchev–Trinajstić information content (AvgIpc) is 3.44. The fraction of sp³-hybridized carbons (Fsp3) is 0.269. The lowest BCUT2D eigenvalue weighted by atomic mass is 10.1. The van der Waals surface area contributed by atoms with Crippen molar-refractivity contribution in [3.05, 3.63) is 80.5 Å². The molecule has 10 heteroatoms. The van der Waals surface area contributed by atoms with Crippen molar-refractivity contribution < 1.29 is 19.5 Å². The number of amides is 4. The number of carbonyl (C=O) groups is 3. The summed E-state index contributed by atoms with van der Waals surface area (Å²) in [6.45, 7) is 2.29. The Morgan fingerprint density at radius 2 is 1.89 bits per heavy atom. The highest BCUT2D eigenvalue weighted by molar-refractivity contribution is 7.18. The van der Waals surface area contributed by atoms with Crippen LogP contribution in [-0.4, -0.2) is 59.0 Å². The third-order valence-corrected chi connectivity index (χ3v) is 7.56. The molecule has 2 aliphatic heterocycles. The number of nitrogens with one attached hydrogen (secondary N) is 1. The molecule has 8 nitrogen and oxygen atoms in total. The fourth-order valence-corrected chi connectivity index (χ4v) is 5.60. The van der Waals surface area contributed by atoms with E-state index < -0.39 is 0 Å². The quantitative estimate of drug-likeness (QED) is 0.478. The van der Waals surface area contributed by atoms with E-state index in [9.17, 15) is 19.5 Å². The normalized spacial score (nSPS) is 15.4. The van der Waals surface area contributed by atoms with Gasteiger partial charge in [-0.3, -0.25) is 14.5 Å². The molecule has 1 fully saturated rings. The molecule has 4 amide bonds. The summed E-state index contributed by atoms with van der Waals surface area (Å²) in [5.41, 5.74) is 3.50.